The molecule has 1 amide bonds. The summed E-state index contributed by atoms with van der Waals surface area (Å²) >= 11 is 0. The fourth-order valence-corrected chi connectivity index (χ4v) is 2.20. The Balaban J connectivity index is 2.21. The van der Waals surface area contributed by atoms with Gasteiger partial charge in [0.25, 0.3) is 5.91 Å². The Morgan fingerprint density at radius 1 is 1.50 bits per heavy atom. The average molecular weight is 248 g/mol. The van der Waals surface area contributed by atoms with Crippen molar-refractivity contribution in [3.63, 3.8) is 0 Å². The Bertz CT molecular complexity index is 439. The molecular weight excluding hydrogens is 228 g/mol. The van der Waals surface area contributed by atoms with E-state index in [-0.39, 0.29) is 5.91 Å². The number of carbonyl (C=O) groups excluding carboxylic acids is 1. The first kappa shape index (κ1) is 13.0. The third kappa shape index (κ3) is 2.67. The van der Waals surface area contributed by atoms with Gasteiger partial charge in [-0.2, -0.15) is 0 Å². The van der Waals surface area contributed by atoms with Crippen LogP contribution in [0.15, 0.2) is 6.20 Å². The van der Waals surface area contributed by atoms with Crippen LogP contribution in [0.1, 0.15) is 40.6 Å². The molecule has 1 aromatic rings. The summed E-state index contributed by atoms with van der Waals surface area (Å²) in [5.41, 5.74) is 1.36. The summed E-state index contributed by atoms with van der Waals surface area (Å²) in [5, 5.41) is 3.35. The maximum atomic E-state index is 11.9. The molecule has 1 saturated heterocycles. The Morgan fingerprint density at radius 3 is 2.83 bits per heavy atom. The molecule has 98 valence electrons. The SMILES string of the molecule is Cc1nc([C@@H]2CCCNC2)ncc1C(=O)N(C)C. The first-order valence-corrected chi connectivity index (χ1v) is 6.35. The van der Waals surface area contributed by atoms with Gasteiger partial charge in [0, 0.05) is 32.8 Å². The summed E-state index contributed by atoms with van der Waals surface area (Å²) in [5.74, 6) is 1.19. The normalized spacial score (nSPS) is 19.6. The van der Waals surface area contributed by atoms with Crippen molar-refractivity contribution in [1.82, 2.24) is 20.2 Å². The van der Waals surface area contributed by atoms with Gasteiger partial charge < -0.3 is 10.2 Å². The lowest BCUT2D eigenvalue weighted by Gasteiger charge is -2.22. The number of hydrogen-bond donors (Lipinski definition) is 1. The third-order valence-corrected chi connectivity index (χ3v) is 3.30. The summed E-state index contributed by atoms with van der Waals surface area (Å²) in [7, 11) is 3.47. The van der Waals surface area contributed by atoms with Gasteiger partial charge in [-0.25, -0.2) is 9.97 Å². The predicted molar refractivity (Wildman–Crippen MR) is 69.6 cm³/mol. The Morgan fingerprint density at radius 2 is 2.28 bits per heavy atom. The highest BCUT2D eigenvalue weighted by Gasteiger charge is 2.20. The monoisotopic (exact) mass is 248 g/mol. The van der Waals surface area contributed by atoms with Crippen LogP contribution in [0.25, 0.3) is 0 Å². The van der Waals surface area contributed by atoms with Crippen LogP contribution in [0.3, 0.4) is 0 Å². The van der Waals surface area contributed by atoms with Gasteiger partial charge in [0.2, 0.25) is 0 Å². The molecule has 1 fully saturated rings. The molecule has 0 spiro atoms. The zero-order valence-electron chi connectivity index (χ0n) is 11.2. The lowest BCUT2D eigenvalue weighted by atomic mass is 9.98. The van der Waals surface area contributed by atoms with Gasteiger partial charge in [-0.3, -0.25) is 4.79 Å². The highest BCUT2D eigenvalue weighted by atomic mass is 16.2. The molecule has 2 rings (SSSR count). The van der Waals surface area contributed by atoms with Crippen LogP contribution >= 0.6 is 0 Å². The molecule has 5 heteroatoms. The van der Waals surface area contributed by atoms with Crippen molar-refractivity contribution in [1.29, 1.82) is 0 Å². The Hall–Kier alpha value is -1.49. The number of aryl methyl sites for hydroxylation is 1. The lowest BCUT2D eigenvalue weighted by Crippen LogP contribution is -2.30. The van der Waals surface area contributed by atoms with E-state index >= 15 is 0 Å². The minimum Gasteiger partial charge on any atom is -0.345 e. The van der Waals surface area contributed by atoms with Gasteiger partial charge in [0.1, 0.15) is 5.82 Å². The van der Waals surface area contributed by atoms with Crippen molar-refractivity contribution in [2.75, 3.05) is 27.2 Å². The molecule has 1 aromatic heterocycles. The Labute approximate surface area is 108 Å². The molecule has 2 heterocycles. The van der Waals surface area contributed by atoms with E-state index in [2.05, 4.69) is 15.3 Å². The van der Waals surface area contributed by atoms with Crippen LogP contribution in [0.5, 0.6) is 0 Å². The molecule has 18 heavy (non-hydrogen) atoms. The van der Waals surface area contributed by atoms with Crippen molar-refractivity contribution in [3.8, 4) is 0 Å². The average Bonchev–Trinajstić information content (AvgIpc) is 2.38. The van der Waals surface area contributed by atoms with E-state index in [0.717, 1.165) is 37.4 Å². The minimum atomic E-state index is -0.0409. The fraction of sp³-hybridized carbons (Fsp3) is 0.615. The van der Waals surface area contributed by atoms with E-state index in [1.165, 1.54) is 0 Å². The fourth-order valence-electron chi connectivity index (χ4n) is 2.20. The standard InChI is InChI=1S/C13H20N4O/c1-9-11(13(18)17(2)3)8-15-12(16-9)10-5-4-6-14-7-10/h8,10,14H,4-7H2,1-3H3/t10-/m1/s1. The van der Waals surface area contributed by atoms with Gasteiger partial charge in [-0.1, -0.05) is 0 Å². The highest BCUT2D eigenvalue weighted by molar-refractivity contribution is 5.94. The van der Waals surface area contributed by atoms with Crippen LogP contribution in [-0.2, 0) is 0 Å². The smallest absolute Gasteiger partial charge is 0.256 e. The second kappa shape index (κ2) is 5.44. The zero-order valence-corrected chi connectivity index (χ0v) is 11.2. The van der Waals surface area contributed by atoms with E-state index < -0.39 is 0 Å². The quantitative estimate of drug-likeness (QED) is 0.846. The zero-order chi connectivity index (χ0) is 13.1. The summed E-state index contributed by atoms with van der Waals surface area (Å²) < 4.78 is 0. The van der Waals surface area contributed by atoms with Crippen molar-refractivity contribution in [2.24, 2.45) is 0 Å². The van der Waals surface area contributed by atoms with E-state index in [1.807, 2.05) is 6.92 Å². The van der Waals surface area contributed by atoms with Crippen molar-refractivity contribution in [2.45, 2.75) is 25.7 Å². The third-order valence-electron chi connectivity index (χ3n) is 3.30. The number of nitrogens with zero attached hydrogens (tertiary/aromatic N) is 3. The maximum Gasteiger partial charge on any atom is 0.256 e. The van der Waals surface area contributed by atoms with Crippen LogP contribution in [0.2, 0.25) is 0 Å². The topological polar surface area (TPSA) is 58.1 Å². The molecule has 1 atom stereocenters. The number of piperidine rings is 1. The van der Waals surface area contributed by atoms with Crippen LogP contribution in [0, 0.1) is 6.92 Å². The lowest BCUT2D eigenvalue weighted by molar-refractivity contribution is 0.0826. The van der Waals surface area contributed by atoms with Crippen LogP contribution < -0.4 is 5.32 Å². The van der Waals surface area contributed by atoms with E-state index in [4.69, 9.17) is 0 Å². The molecule has 0 aliphatic carbocycles. The van der Waals surface area contributed by atoms with Crippen LogP contribution in [-0.4, -0.2) is 48.0 Å². The summed E-state index contributed by atoms with van der Waals surface area (Å²) in [6.45, 7) is 3.88. The van der Waals surface area contributed by atoms with Gasteiger partial charge in [-0.15, -0.1) is 0 Å². The number of aromatic nitrogens is 2. The second-order valence-electron chi connectivity index (χ2n) is 4.97. The number of amides is 1. The number of rotatable bonds is 2. The molecule has 0 unspecified atom stereocenters. The molecule has 0 aromatic carbocycles. The molecule has 5 nitrogen and oxygen atoms in total. The van der Waals surface area contributed by atoms with Gasteiger partial charge >= 0.3 is 0 Å². The molecule has 1 aliphatic rings. The van der Waals surface area contributed by atoms with E-state index in [1.54, 1.807) is 25.2 Å². The minimum absolute atomic E-state index is 0.0409. The van der Waals surface area contributed by atoms with Gasteiger partial charge in [-0.05, 0) is 26.3 Å². The molecule has 0 bridgehead atoms. The largest absolute Gasteiger partial charge is 0.345 e. The van der Waals surface area contributed by atoms with Gasteiger partial charge in [0.05, 0.1) is 11.3 Å². The van der Waals surface area contributed by atoms with Gasteiger partial charge in [0.15, 0.2) is 0 Å². The first-order chi connectivity index (χ1) is 8.59. The highest BCUT2D eigenvalue weighted by Crippen LogP contribution is 2.20. The van der Waals surface area contributed by atoms with E-state index in [0.29, 0.717) is 11.5 Å². The first-order valence-electron chi connectivity index (χ1n) is 6.35. The van der Waals surface area contributed by atoms with Crippen molar-refractivity contribution < 1.29 is 4.79 Å². The van der Waals surface area contributed by atoms with Crippen molar-refractivity contribution >= 4 is 5.91 Å². The Kier molecular flexibility index (Phi) is 3.91. The maximum absolute atomic E-state index is 11.9. The van der Waals surface area contributed by atoms with Crippen molar-refractivity contribution in [3.05, 3.63) is 23.3 Å². The number of carbonyl (C=O) groups is 1. The molecular formula is C13H20N4O. The molecule has 0 saturated carbocycles. The summed E-state index contributed by atoms with van der Waals surface area (Å²) in [4.78, 5) is 22.3. The summed E-state index contributed by atoms with van der Waals surface area (Å²) in [6, 6.07) is 0. The number of hydrogen-bond acceptors (Lipinski definition) is 4. The van der Waals surface area contributed by atoms with E-state index in [9.17, 15) is 4.79 Å². The molecule has 0 radical (unpaired) electrons. The second-order valence-corrected chi connectivity index (χ2v) is 4.97. The van der Waals surface area contributed by atoms with Crippen LogP contribution in [0.4, 0.5) is 0 Å². The molecule has 1 aliphatic heterocycles. The predicted octanol–water partition coefficient (Wildman–Crippen LogP) is 0.954. The number of nitrogens with one attached hydrogen (secondary N) is 1. The summed E-state index contributed by atoms with van der Waals surface area (Å²) in [6.07, 6.45) is 3.94. The molecule has 1 N–H and O–H groups in total.